The highest BCUT2D eigenvalue weighted by Gasteiger charge is 2.09. The summed E-state index contributed by atoms with van der Waals surface area (Å²) >= 11 is 5.97. The number of aromatic carboxylic acids is 1. The molecule has 21 heavy (non-hydrogen) atoms. The molecule has 1 heterocycles. The van der Waals surface area contributed by atoms with Crippen molar-refractivity contribution >= 4 is 35.0 Å². The molecule has 0 saturated carbocycles. The van der Waals surface area contributed by atoms with E-state index in [1.165, 1.54) is 18.5 Å². The van der Waals surface area contributed by atoms with Crippen LogP contribution in [0.5, 0.6) is 0 Å². The van der Waals surface area contributed by atoms with E-state index in [1.807, 2.05) is 0 Å². The molecule has 0 fully saturated rings. The highest BCUT2D eigenvalue weighted by Crippen LogP contribution is 2.23. The van der Waals surface area contributed by atoms with E-state index in [4.69, 9.17) is 16.7 Å². The molecule has 108 valence electrons. The highest BCUT2D eigenvalue weighted by atomic mass is 35.5. The zero-order chi connectivity index (χ0) is 15.4. The normalized spacial score (nSPS) is 10.0. The molecule has 0 bridgehead atoms. The van der Waals surface area contributed by atoms with E-state index < -0.39 is 12.0 Å². The molecule has 2 aromatic rings. The summed E-state index contributed by atoms with van der Waals surface area (Å²) in [6, 6.07) is 5.97. The minimum absolute atomic E-state index is 0.00765. The van der Waals surface area contributed by atoms with Crippen LogP contribution < -0.4 is 10.6 Å². The number of nitrogens with one attached hydrogen (secondary N) is 2. The molecule has 2 amide bonds. The minimum Gasteiger partial charge on any atom is -0.478 e. The summed E-state index contributed by atoms with van der Waals surface area (Å²) in [5, 5.41) is 14.6. The third-order valence-corrected chi connectivity index (χ3v) is 3.17. The summed E-state index contributed by atoms with van der Waals surface area (Å²) in [4.78, 5) is 26.5. The van der Waals surface area contributed by atoms with Gasteiger partial charge >= 0.3 is 12.0 Å². The second kappa shape index (κ2) is 6.23. The largest absolute Gasteiger partial charge is 0.478 e. The first-order valence-electron chi connectivity index (χ1n) is 5.99. The summed E-state index contributed by atoms with van der Waals surface area (Å²) in [5.41, 5.74) is 1.59. The van der Waals surface area contributed by atoms with Crippen molar-refractivity contribution in [3.05, 3.63) is 52.8 Å². The molecule has 1 aromatic heterocycles. The first-order chi connectivity index (χ1) is 9.97. The maximum absolute atomic E-state index is 11.9. The predicted molar refractivity (Wildman–Crippen MR) is 80.0 cm³/mol. The summed E-state index contributed by atoms with van der Waals surface area (Å²) in [6.45, 7) is 1.78. The number of rotatable bonds is 3. The Hall–Kier alpha value is -2.60. The Kier molecular flexibility index (Phi) is 4.39. The van der Waals surface area contributed by atoms with Crippen molar-refractivity contribution in [2.75, 3.05) is 10.6 Å². The van der Waals surface area contributed by atoms with Crippen LogP contribution in [0.4, 0.5) is 16.2 Å². The average Bonchev–Trinajstić information content (AvgIpc) is 2.44. The number of hydrogen-bond acceptors (Lipinski definition) is 3. The molecule has 0 atom stereocenters. The fourth-order valence-electron chi connectivity index (χ4n) is 1.65. The molecule has 7 heteroatoms. The number of carbonyl (C=O) groups excluding carboxylic acids is 1. The van der Waals surface area contributed by atoms with Gasteiger partial charge in [-0.05, 0) is 30.7 Å². The summed E-state index contributed by atoms with van der Waals surface area (Å²) < 4.78 is 0. The number of urea groups is 1. The first-order valence-corrected chi connectivity index (χ1v) is 6.36. The van der Waals surface area contributed by atoms with Gasteiger partial charge < -0.3 is 15.7 Å². The SMILES string of the molecule is Cc1c(Cl)cccc1NC(=O)Nc1cncc(C(=O)O)c1. The van der Waals surface area contributed by atoms with E-state index >= 15 is 0 Å². The molecule has 0 aliphatic rings. The number of nitrogens with zero attached hydrogens (tertiary/aromatic N) is 1. The van der Waals surface area contributed by atoms with Gasteiger partial charge in [-0.25, -0.2) is 9.59 Å². The van der Waals surface area contributed by atoms with Gasteiger partial charge in [-0.2, -0.15) is 0 Å². The maximum Gasteiger partial charge on any atom is 0.337 e. The molecule has 0 radical (unpaired) electrons. The first kappa shape index (κ1) is 14.8. The number of pyridine rings is 1. The number of halogens is 1. The molecule has 0 spiro atoms. The Morgan fingerprint density at radius 2 is 2.00 bits per heavy atom. The molecule has 2 rings (SSSR count). The molecule has 0 aliphatic carbocycles. The van der Waals surface area contributed by atoms with E-state index in [0.717, 1.165) is 5.56 Å². The van der Waals surface area contributed by atoms with Crippen LogP contribution in [0.15, 0.2) is 36.7 Å². The zero-order valence-electron chi connectivity index (χ0n) is 11.1. The number of benzene rings is 1. The highest BCUT2D eigenvalue weighted by molar-refractivity contribution is 6.31. The smallest absolute Gasteiger partial charge is 0.337 e. The average molecular weight is 306 g/mol. The lowest BCUT2D eigenvalue weighted by Crippen LogP contribution is -2.20. The van der Waals surface area contributed by atoms with Gasteiger partial charge in [0.05, 0.1) is 17.4 Å². The summed E-state index contributed by atoms with van der Waals surface area (Å²) in [6.07, 6.45) is 2.56. The monoisotopic (exact) mass is 305 g/mol. The molecule has 0 aliphatic heterocycles. The third kappa shape index (κ3) is 3.70. The van der Waals surface area contributed by atoms with E-state index in [9.17, 15) is 9.59 Å². The lowest BCUT2D eigenvalue weighted by molar-refractivity contribution is 0.0696. The van der Waals surface area contributed by atoms with E-state index in [-0.39, 0.29) is 11.3 Å². The van der Waals surface area contributed by atoms with Crippen LogP contribution >= 0.6 is 11.6 Å². The molecule has 0 saturated heterocycles. The number of amides is 2. The molecule has 0 unspecified atom stereocenters. The van der Waals surface area contributed by atoms with E-state index in [1.54, 1.807) is 25.1 Å². The Bertz CT molecular complexity index is 704. The minimum atomic E-state index is -1.11. The van der Waals surface area contributed by atoms with Gasteiger partial charge in [0.2, 0.25) is 0 Å². The van der Waals surface area contributed by atoms with Crippen LogP contribution in [0.1, 0.15) is 15.9 Å². The Morgan fingerprint density at radius 3 is 2.71 bits per heavy atom. The number of carboxylic acids is 1. The maximum atomic E-state index is 11.9. The van der Waals surface area contributed by atoms with Crippen molar-refractivity contribution < 1.29 is 14.7 Å². The van der Waals surface area contributed by atoms with E-state index in [2.05, 4.69) is 15.6 Å². The Balaban J connectivity index is 2.10. The van der Waals surface area contributed by atoms with Crippen LogP contribution in [0, 0.1) is 6.92 Å². The van der Waals surface area contributed by atoms with Crippen molar-refractivity contribution in [3.8, 4) is 0 Å². The molecule has 3 N–H and O–H groups in total. The van der Waals surface area contributed by atoms with Gasteiger partial charge in [-0.1, -0.05) is 17.7 Å². The van der Waals surface area contributed by atoms with Crippen LogP contribution in [-0.2, 0) is 0 Å². The molecule has 6 nitrogen and oxygen atoms in total. The fourth-order valence-corrected chi connectivity index (χ4v) is 1.83. The van der Waals surface area contributed by atoms with Gasteiger partial charge in [-0.3, -0.25) is 4.98 Å². The number of hydrogen-bond donors (Lipinski definition) is 3. The molecular formula is C14H12ClN3O3. The topological polar surface area (TPSA) is 91.3 Å². The van der Waals surface area contributed by atoms with Crippen LogP contribution in [0.25, 0.3) is 0 Å². The second-order valence-electron chi connectivity index (χ2n) is 4.26. The summed E-state index contributed by atoms with van der Waals surface area (Å²) in [5.74, 6) is -1.11. The number of aromatic nitrogens is 1. The Morgan fingerprint density at radius 1 is 1.24 bits per heavy atom. The molecule has 1 aromatic carbocycles. The van der Waals surface area contributed by atoms with E-state index in [0.29, 0.717) is 10.7 Å². The standard InChI is InChI=1S/C14H12ClN3O3/c1-8-11(15)3-2-4-12(8)18-14(21)17-10-5-9(13(19)20)6-16-7-10/h2-7H,1H3,(H,19,20)(H2,17,18,21). The number of carbonyl (C=O) groups is 2. The van der Waals surface area contributed by atoms with Crippen molar-refractivity contribution in [1.82, 2.24) is 4.98 Å². The lowest BCUT2D eigenvalue weighted by Gasteiger charge is -2.10. The van der Waals surface area contributed by atoms with Gasteiger partial charge in [0.25, 0.3) is 0 Å². The van der Waals surface area contributed by atoms with Gasteiger partial charge in [0, 0.05) is 16.9 Å². The third-order valence-electron chi connectivity index (χ3n) is 2.76. The number of carboxylic acid groups (broad SMARTS) is 1. The van der Waals surface area contributed by atoms with Gasteiger partial charge in [0.15, 0.2) is 0 Å². The quantitative estimate of drug-likeness (QED) is 0.810. The van der Waals surface area contributed by atoms with Crippen LogP contribution in [0.2, 0.25) is 5.02 Å². The molecular weight excluding hydrogens is 294 g/mol. The van der Waals surface area contributed by atoms with Crippen LogP contribution in [0.3, 0.4) is 0 Å². The summed E-state index contributed by atoms with van der Waals surface area (Å²) in [7, 11) is 0. The van der Waals surface area contributed by atoms with Gasteiger partial charge in [0.1, 0.15) is 0 Å². The second-order valence-corrected chi connectivity index (χ2v) is 4.67. The van der Waals surface area contributed by atoms with Crippen molar-refractivity contribution in [2.24, 2.45) is 0 Å². The zero-order valence-corrected chi connectivity index (χ0v) is 11.8. The Labute approximate surface area is 125 Å². The lowest BCUT2D eigenvalue weighted by atomic mass is 10.2. The van der Waals surface area contributed by atoms with Crippen molar-refractivity contribution in [1.29, 1.82) is 0 Å². The number of anilines is 2. The fraction of sp³-hybridized carbons (Fsp3) is 0.0714. The predicted octanol–water partition coefficient (Wildman–Crippen LogP) is 3.39. The van der Waals surface area contributed by atoms with Crippen molar-refractivity contribution in [3.63, 3.8) is 0 Å². The van der Waals surface area contributed by atoms with Crippen LogP contribution in [-0.4, -0.2) is 22.1 Å². The van der Waals surface area contributed by atoms with Gasteiger partial charge in [-0.15, -0.1) is 0 Å². The van der Waals surface area contributed by atoms with Crippen molar-refractivity contribution in [2.45, 2.75) is 6.92 Å².